The number of carboxylic acid groups (broad SMARTS) is 2. The van der Waals surface area contributed by atoms with E-state index in [0.717, 1.165) is 0 Å². The molecule has 0 aromatic heterocycles. The van der Waals surface area contributed by atoms with E-state index in [1.54, 1.807) is 5.32 Å². The Kier molecular flexibility index (Phi) is 11.6. The summed E-state index contributed by atoms with van der Waals surface area (Å²) in [4.78, 5) is 44.9. The molecule has 3 atom stereocenters. The molecule has 0 radical (unpaired) electrons. The molecule has 0 spiro atoms. The molecule has 0 aliphatic rings. The molecule has 17 heteroatoms. The van der Waals surface area contributed by atoms with Gasteiger partial charge >= 0.3 is 23.4 Å². The van der Waals surface area contributed by atoms with Crippen LogP contribution in [0.3, 0.4) is 0 Å². The average molecular weight is 487 g/mol. The van der Waals surface area contributed by atoms with Gasteiger partial charge < -0.3 is 31.3 Å². The highest BCUT2D eigenvalue weighted by molar-refractivity contribution is 8.00. The van der Waals surface area contributed by atoms with Gasteiger partial charge in [0.25, 0.3) is 0 Å². The van der Waals surface area contributed by atoms with E-state index >= 15 is 0 Å². The summed E-state index contributed by atoms with van der Waals surface area (Å²) >= 11 is -0.791. The first-order valence-corrected chi connectivity index (χ1v) is 9.13. The average Bonchev–Trinajstić information content (AvgIpc) is 2.64. The zero-order chi connectivity index (χ0) is 24.4. The molecular weight excluding hydrogens is 468 g/mol. The molecule has 10 nitrogen and oxygen atoms in total. The number of ether oxygens (including phenoxy) is 1. The van der Waals surface area contributed by atoms with Gasteiger partial charge in [0, 0.05) is 12.2 Å². The van der Waals surface area contributed by atoms with Crippen molar-refractivity contribution in [2.24, 2.45) is 5.73 Å². The second-order valence-electron chi connectivity index (χ2n) is 5.79. The van der Waals surface area contributed by atoms with E-state index in [1.165, 1.54) is 0 Å². The quantitative estimate of drug-likeness (QED) is 0.213. The Morgan fingerprint density at radius 1 is 1.10 bits per heavy atom. The molecule has 0 aliphatic carbocycles. The van der Waals surface area contributed by atoms with Gasteiger partial charge in [-0.2, -0.15) is 22.0 Å². The van der Waals surface area contributed by atoms with Crippen LogP contribution >= 0.6 is 11.8 Å². The van der Waals surface area contributed by atoms with E-state index < -0.39 is 97.1 Å². The third-order valence-electron chi connectivity index (χ3n) is 3.34. The standard InChI is InChI=1S/C14H19F6N3O7S/c15-5-30-12(13(16,17)18)14(19,20)31-4-7(10(27)22-3-9(25)26)23-8(24)2-1-6(21)11(28)29/h6-7,12H,1-5,21H2,(H,22,27)(H,23,24)(H,25,26)(H,28,29)/t6-,7-,12?/m0/s1. The minimum atomic E-state index is -5.67. The van der Waals surface area contributed by atoms with Crippen molar-refractivity contribution < 1.29 is 60.5 Å². The third kappa shape index (κ3) is 11.1. The maximum Gasteiger partial charge on any atom is 0.421 e. The smallest absolute Gasteiger partial charge is 0.421 e. The van der Waals surface area contributed by atoms with Crippen molar-refractivity contribution in [1.82, 2.24) is 10.6 Å². The fraction of sp³-hybridized carbons (Fsp3) is 0.714. The molecule has 0 saturated carbocycles. The molecule has 0 rings (SSSR count). The van der Waals surface area contributed by atoms with Crippen LogP contribution in [0, 0.1) is 0 Å². The fourth-order valence-electron chi connectivity index (χ4n) is 1.86. The van der Waals surface area contributed by atoms with Crippen molar-refractivity contribution in [2.75, 3.05) is 19.2 Å². The zero-order valence-corrected chi connectivity index (χ0v) is 16.3. The van der Waals surface area contributed by atoms with Gasteiger partial charge in [0.15, 0.2) is 6.86 Å². The van der Waals surface area contributed by atoms with Gasteiger partial charge in [0.05, 0.1) is 0 Å². The van der Waals surface area contributed by atoms with Crippen LogP contribution in [-0.4, -0.2) is 82.7 Å². The van der Waals surface area contributed by atoms with Crippen molar-refractivity contribution in [2.45, 2.75) is 42.5 Å². The number of alkyl halides is 6. The Morgan fingerprint density at radius 2 is 1.68 bits per heavy atom. The first-order valence-electron chi connectivity index (χ1n) is 8.15. The number of hydrogen-bond acceptors (Lipinski definition) is 7. The molecule has 2 amide bonds. The lowest BCUT2D eigenvalue weighted by molar-refractivity contribution is -0.269. The molecule has 0 heterocycles. The van der Waals surface area contributed by atoms with E-state index in [4.69, 9.17) is 15.9 Å². The molecule has 0 aromatic rings. The van der Waals surface area contributed by atoms with Crippen LogP contribution in [0.25, 0.3) is 0 Å². The molecule has 1 unspecified atom stereocenters. The lowest BCUT2D eigenvalue weighted by Gasteiger charge is -2.28. The topological polar surface area (TPSA) is 168 Å². The van der Waals surface area contributed by atoms with Crippen molar-refractivity contribution in [3.05, 3.63) is 0 Å². The summed E-state index contributed by atoms with van der Waals surface area (Å²) in [7, 11) is 0. The molecular formula is C14H19F6N3O7S. The predicted octanol–water partition coefficient (Wildman–Crippen LogP) is 0.0646. The zero-order valence-electron chi connectivity index (χ0n) is 15.5. The Hall–Kier alpha value is -2.27. The number of carbonyl (C=O) groups excluding carboxylic acids is 2. The maximum atomic E-state index is 13.9. The Labute approximate surface area is 174 Å². The lowest BCUT2D eigenvalue weighted by atomic mass is 10.1. The number of amides is 2. The SMILES string of the molecule is N[C@@H](CCC(=O)N[C@@H](CSC(F)(F)C(OCF)C(F)(F)F)C(=O)NCC(=O)O)C(=O)O. The number of hydrogen-bond donors (Lipinski definition) is 5. The van der Waals surface area contributed by atoms with Crippen molar-refractivity contribution in [3.8, 4) is 0 Å². The first kappa shape index (κ1) is 28.7. The molecule has 6 N–H and O–H groups in total. The van der Waals surface area contributed by atoms with Crippen molar-refractivity contribution in [3.63, 3.8) is 0 Å². The van der Waals surface area contributed by atoms with Gasteiger partial charge in [-0.25, -0.2) is 4.39 Å². The van der Waals surface area contributed by atoms with Crippen LogP contribution in [0.15, 0.2) is 0 Å². The number of aliphatic carboxylic acids is 2. The summed E-state index contributed by atoms with van der Waals surface area (Å²) in [6, 6.07) is -3.41. The summed E-state index contributed by atoms with van der Waals surface area (Å²) in [5, 5.41) is 16.0. The number of nitrogens with two attached hydrogens (primary N) is 1. The number of carboxylic acids is 2. The van der Waals surface area contributed by atoms with Crippen LogP contribution in [-0.2, 0) is 23.9 Å². The van der Waals surface area contributed by atoms with Crippen LogP contribution in [0.5, 0.6) is 0 Å². The van der Waals surface area contributed by atoms with Gasteiger partial charge in [0.1, 0.15) is 18.6 Å². The molecule has 0 aromatic carbocycles. The monoisotopic (exact) mass is 487 g/mol. The molecule has 0 fully saturated rings. The van der Waals surface area contributed by atoms with Crippen LogP contribution < -0.4 is 16.4 Å². The molecule has 0 saturated heterocycles. The molecule has 0 aliphatic heterocycles. The summed E-state index contributed by atoms with van der Waals surface area (Å²) < 4.78 is 81.4. The second kappa shape index (κ2) is 12.6. The van der Waals surface area contributed by atoms with E-state index in [0.29, 0.717) is 0 Å². The van der Waals surface area contributed by atoms with E-state index in [1.807, 2.05) is 5.32 Å². The number of thioether (sulfide) groups is 1. The van der Waals surface area contributed by atoms with Crippen LogP contribution in [0.4, 0.5) is 26.3 Å². The number of halogens is 6. The highest BCUT2D eigenvalue weighted by Crippen LogP contribution is 2.42. The van der Waals surface area contributed by atoms with Crippen molar-refractivity contribution >= 4 is 35.5 Å². The highest BCUT2D eigenvalue weighted by Gasteiger charge is 2.57. The largest absolute Gasteiger partial charge is 0.480 e. The lowest BCUT2D eigenvalue weighted by Crippen LogP contribution is -2.51. The minimum absolute atomic E-state index is 0.422. The second-order valence-corrected chi connectivity index (χ2v) is 6.95. The van der Waals surface area contributed by atoms with Crippen LogP contribution in [0.1, 0.15) is 12.8 Å². The number of nitrogens with one attached hydrogen (secondary N) is 2. The summed E-state index contributed by atoms with van der Waals surface area (Å²) in [5.74, 6) is -6.58. The summed E-state index contributed by atoms with van der Waals surface area (Å²) in [6.45, 7) is -3.17. The fourth-order valence-corrected chi connectivity index (χ4v) is 2.84. The van der Waals surface area contributed by atoms with Gasteiger partial charge in [0.2, 0.25) is 17.9 Å². The maximum absolute atomic E-state index is 13.9. The molecule has 0 bridgehead atoms. The van der Waals surface area contributed by atoms with Gasteiger partial charge in [-0.15, -0.1) is 0 Å². The normalized spacial score (nSPS) is 14.9. The summed E-state index contributed by atoms with van der Waals surface area (Å²) in [5.41, 5.74) is 5.18. The third-order valence-corrected chi connectivity index (χ3v) is 4.44. The predicted molar refractivity (Wildman–Crippen MR) is 91.7 cm³/mol. The van der Waals surface area contributed by atoms with Gasteiger partial charge in [-0.1, -0.05) is 11.8 Å². The number of rotatable bonds is 14. The van der Waals surface area contributed by atoms with Crippen LogP contribution in [0.2, 0.25) is 0 Å². The van der Waals surface area contributed by atoms with Gasteiger partial charge in [-0.05, 0) is 6.42 Å². The highest BCUT2D eigenvalue weighted by atomic mass is 32.2. The van der Waals surface area contributed by atoms with Gasteiger partial charge in [-0.3, -0.25) is 19.2 Å². The first-order chi connectivity index (χ1) is 14.1. The van der Waals surface area contributed by atoms with E-state index in [-0.39, 0.29) is 0 Å². The molecule has 31 heavy (non-hydrogen) atoms. The molecule has 180 valence electrons. The Bertz CT molecular complexity index is 652. The Morgan fingerprint density at radius 3 is 2.13 bits per heavy atom. The van der Waals surface area contributed by atoms with Crippen molar-refractivity contribution in [1.29, 1.82) is 0 Å². The summed E-state index contributed by atoms with van der Waals surface area (Å²) in [6.07, 6.45) is -10.5. The minimum Gasteiger partial charge on any atom is -0.480 e. The van der Waals surface area contributed by atoms with E-state index in [2.05, 4.69) is 4.74 Å². The van der Waals surface area contributed by atoms with E-state index in [9.17, 15) is 45.5 Å². The number of carbonyl (C=O) groups is 4. The Balaban J connectivity index is 5.28.